The van der Waals surface area contributed by atoms with Crippen LogP contribution in [0.4, 0.5) is 4.39 Å². The zero-order valence-corrected chi connectivity index (χ0v) is 17.0. The smallest absolute Gasteiger partial charge is 0.123 e. The van der Waals surface area contributed by atoms with E-state index in [9.17, 15) is 4.39 Å². The van der Waals surface area contributed by atoms with Gasteiger partial charge in [-0.05, 0) is 39.0 Å². The van der Waals surface area contributed by atoms with E-state index in [1.54, 1.807) is 12.3 Å². The van der Waals surface area contributed by atoms with Crippen LogP contribution in [-0.4, -0.2) is 9.78 Å². The maximum Gasteiger partial charge on any atom is 0.123 e. The van der Waals surface area contributed by atoms with Crippen LogP contribution < -0.4 is 5.73 Å². The molecule has 1 aliphatic carbocycles. The molecule has 24 heavy (non-hydrogen) atoms. The van der Waals surface area contributed by atoms with E-state index >= 15 is 0 Å². The predicted molar refractivity (Wildman–Crippen MR) is 103 cm³/mol. The fourth-order valence-corrected chi connectivity index (χ4v) is 2.44. The summed E-state index contributed by atoms with van der Waals surface area (Å²) in [5.41, 5.74) is 8.11. The molecular weight excluding hydrogens is 369 g/mol. The van der Waals surface area contributed by atoms with E-state index in [-0.39, 0.29) is 11.4 Å². The summed E-state index contributed by atoms with van der Waals surface area (Å²) in [4.78, 5) is 0. The lowest BCUT2D eigenvalue weighted by atomic mass is 10.0. The third-order valence-corrected chi connectivity index (χ3v) is 3.93. The molecular formula is C19H29BrFN3. The van der Waals surface area contributed by atoms with Crippen LogP contribution in [0.25, 0.3) is 11.3 Å². The van der Waals surface area contributed by atoms with Gasteiger partial charge >= 0.3 is 0 Å². The Morgan fingerprint density at radius 3 is 2.25 bits per heavy atom. The van der Waals surface area contributed by atoms with Gasteiger partial charge in [-0.3, -0.25) is 4.68 Å². The van der Waals surface area contributed by atoms with Crippen LogP contribution in [0, 0.1) is 5.82 Å². The van der Waals surface area contributed by atoms with E-state index in [4.69, 9.17) is 5.73 Å². The Morgan fingerprint density at radius 2 is 1.79 bits per heavy atom. The second kappa shape index (κ2) is 9.33. The van der Waals surface area contributed by atoms with Gasteiger partial charge in [0.2, 0.25) is 0 Å². The summed E-state index contributed by atoms with van der Waals surface area (Å²) >= 11 is 3.47. The second-order valence-electron chi connectivity index (χ2n) is 6.49. The van der Waals surface area contributed by atoms with Gasteiger partial charge in [0.15, 0.2) is 0 Å². The molecule has 0 spiro atoms. The van der Waals surface area contributed by atoms with Crippen molar-refractivity contribution in [3.63, 3.8) is 0 Å². The summed E-state index contributed by atoms with van der Waals surface area (Å²) in [7, 11) is 0. The van der Waals surface area contributed by atoms with Crippen molar-refractivity contribution in [3.8, 4) is 11.3 Å². The first-order valence-corrected chi connectivity index (χ1v) is 9.36. The lowest BCUT2D eigenvalue weighted by molar-refractivity contribution is 0.360. The standard InChI is InChI=1S/C14H17BrFN3.C3H6.C2H6/c1-14(2,3)19-13(9(7-17)8-18-19)11-6-10(16)4-5-12(11)15;1-2-3-1;1-2/h4-6,8H,7,17H2,1-3H3;1-3H2;1-2H3. The number of nitrogens with zero attached hydrogens (tertiary/aromatic N) is 2. The lowest BCUT2D eigenvalue weighted by Gasteiger charge is -2.23. The molecule has 1 saturated carbocycles. The molecule has 3 rings (SSSR count). The van der Waals surface area contributed by atoms with Crippen molar-refractivity contribution in [1.82, 2.24) is 9.78 Å². The molecule has 134 valence electrons. The van der Waals surface area contributed by atoms with Gasteiger partial charge in [0.1, 0.15) is 5.82 Å². The summed E-state index contributed by atoms with van der Waals surface area (Å²) in [5, 5.41) is 4.40. The average Bonchev–Trinajstić information content (AvgIpc) is 3.36. The first-order valence-electron chi connectivity index (χ1n) is 8.57. The average molecular weight is 398 g/mol. The summed E-state index contributed by atoms with van der Waals surface area (Å²) in [6.07, 6.45) is 6.25. The van der Waals surface area contributed by atoms with E-state index in [0.717, 1.165) is 21.3 Å². The van der Waals surface area contributed by atoms with Gasteiger partial charge < -0.3 is 5.73 Å². The molecule has 1 aromatic carbocycles. The normalized spacial score (nSPS) is 12.7. The highest BCUT2D eigenvalue weighted by molar-refractivity contribution is 9.10. The predicted octanol–water partition coefficient (Wildman–Crippen LogP) is 5.86. The number of aromatic nitrogens is 2. The highest BCUT2D eigenvalue weighted by Gasteiger charge is 2.23. The van der Waals surface area contributed by atoms with Crippen LogP contribution in [0.2, 0.25) is 0 Å². The second-order valence-corrected chi connectivity index (χ2v) is 7.34. The topological polar surface area (TPSA) is 43.8 Å². The number of benzene rings is 1. The fraction of sp³-hybridized carbons (Fsp3) is 0.526. The van der Waals surface area contributed by atoms with Crippen molar-refractivity contribution in [1.29, 1.82) is 0 Å². The van der Waals surface area contributed by atoms with E-state index in [0.29, 0.717) is 6.54 Å². The van der Waals surface area contributed by atoms with E-state index in [2.05, 4.69) is 41.8 Å². The molecule has 0 bridgehead atoms. The highest BCUT2D eigenvalue weighted by atomic mass is 79.9. The molecule has 0 unspecified atom stereocenters. The zero-order chi connectivity index (χ0) is 18.3. The molecule has 2 aromatic rings. The van der Waals surface area contributed by atoms with Gasteiger partial charge in [0.05, 0.1) is 17.4 Å². The van der Waals surface area contributed by atoms with Crippen LogP contribution in [-0.2, 0) is 12.1 Å². The first-order chi connectivity index (χ1) is 11.3. The molecule has 0 atom stereocenters. The van der Waals surface area contributed by atoms with Crippen molar-refractivity contribution >= 4 is 15.9 Å². The minimum atomic E-state index is -0.275. The highest BCUT2D eigenvalue weighted by Crippen LogP contribution is 2.34. The molecule has 3 nitrogen and oxygen atoms in total. The summed E-state index contributed by atoms with van der Waals surface area (Å²) < 4.78 is 16.2. The van der Waals surface area contributed by atoms with Gasteiger partial charge in [-0.25, -0.2) is 4.39 Å². The Morgan fingerprint density at radius 1 is 1.21 bits per heavy atom. The third kappa shape index (κ3) is 5.71. The number of rotatable bonds is 2. The van der Waals surface area contributed by atoms with Crippen molar-refractivity contribution < 1.29 is 4.39 Å². The molecule has 5 heteroatoms. The Bertz CT molecular complexity index is 640. The molecule has 1 heterocycles. The molecule has 1 aromatic heterocycles. The zero-order valence-electron chi connectivity index (χ0n) is 15.4. The summed E-state index contributed by atoms with van der Waals surface area (Å²) in [6.45, 7) is 10.5. The quantitative estimate of drug-likeness (QED) is 0.688. The van der Waals surface area contributed by atoms with Gasteiger partial charge in [-0.2, -0.15) is 5.10 Å². The van der Waals surface area contributed by atoms with E-state index in [1.807, 2.05) is 18.5 Å². The van der Waals surface area contributed by atoms with Crippen molar-refractivity contribution in [2.24, 2.45) is 5.73 Å². The molecule has 0 radical (unpaired) electrons. The van der Waals surface area contributed by atoms with Crippen molar-refractivity contribution in [2.45, 2.75) is 66.0 Å². The van der Waals surface area contributed by atoms with Crippen LogP contribution in [0.15, 0.2) is 28.9 Å². The largest absolute Gasteiger partial charge is 0.326 e. The van der Waals surface area contributed by atoms with Crippen LogP contribution in [0.3, 0.4) is 0 Å². The maximum atomic E-state index is 13.5. The molecule has 0 saturated heterocycles. The van der Waals surface area contributed by atoms with Crippen LogP contribution >= 0.6 is 15.9 Å². The van der Waals surface area contributed by atoms with Gasteiger partial charge in [0.25, 0.3) is 0 Å². The monoisotopic (exact) mass is 397 g/mol. The molecule has 1 aliphatic rings. The minimum Gasteiger partial charge on any atom is -0.326 e. The number of halogens is 2. The van der Waals surface area contributed by atoms with Gasteiger partial charge in [-0.1, -0.05) is 49.0 Å². The van der Waals surface area contributed by atoms with Crippen LogP contribution in [0.5, 0.6) is 0 Å². The lowest BCUT2D eigenvalue weighted by Crippen LogP contribution is -2.24. The maximum absolute atomic E-state index is 13.5. The minimum absolute atomic E-state index is 0.200. The molecule has 2 N–H and O–H groups in total. The summed E-state index contributed by atoms with van der Waals surface area (Å²) in [6, 6.07) is 4.63. The Labute approximate surface area is 153 Å². The Kier molecular flexibility index (Phi) is 8.10. The number of hydrogen-bond donors (Lipinski definition) is 1. The van der Waals surface area contributed by atoms with E-state index < -0.39 is 0 Å². The van der Waals surface area contributed by atoms with Crippen molar-refractivity contribution in [3.05, 3.63) is 40.2 Å². The number of nitrogens with two attached hydrogens (primary N) is 1. The summed E-state index contributed by atoms with van der Waals surface area (Å²) in [5.74, 6) is -0.275. The van der Waals surface area contributed by atoms with Gasteiger partial charge in [-0.15, -0.1) is 0 Å². The molecule has 0 aliphatic heterocycles. The fourth-order valence-electron chi connectivity index (χ4n) is 2.01. The van der Waals surface area contributed by atoms with Gasteiger partial charge in [0, 0.05) is 22.1 Å². The number of hydrogen-bond acceptors (Lipinski definition) is 2. The molecule has 1 fully saturated rings. The molecule has 0 amide bonds. The Hall–Kier alpha value is -1.20. The Balaban J connectivity index is 0.000000503. The first kappa shape index (κ1) is 20.8. The van der Waals surface area contributed by atoms with Crippen LogP contribution in [0.1, 0.15) is 59.4 Å². The SMILES string of the molecule is C1CC1.CC.CC(C)(C)n1ncc(CN)c1-c1cc(F)ccc1Br. The van der Waals surface area contributed by atoms with E-state index in [1.165, 1.54) is 31.4 Å². The van der Waals surface area contributed by atoms with Crippen molar-refractivity contribution in [2.75, 3.05) is 0 Å². The third-order valence-electron chi connectivity index (χ3n) is 3.24.